The van der Waals surface area contributed by atoms with Crippen LogP contribution in [0.1, 0.15) is 25.3 Å². The van der Waals surface area contributed by atoms with Crippen LogP contribution in [0.25, 0.3) is 10.9 Å². The van der Waals surface area contributed by atoms with Gasteiger partial charge in [0.2, 0.25) is 0 Å². The zero-order chi connectivity index (χ0) is 11.0. The third-order valence-corrected chi connectivity index (χ3v) is 3.04. The molecule has 1 nitrogen and oxygen atoms in total. The van der Waals surface area contributed by atoms with Crippen molar-refractivity contribution >= 4 is 33.5 Å². The number of hydrogen-bond acceptors (Lipinski definition) is 1. The Balaban J connectivity index is 2.85. The molecule has 15 heavy (non-hydrogen) atoms. The van der Waals surface area contributed by atoms with Crippen molar-refractivity contribution in [3.05, 3.63) is 39.3 Å². The summed E-state index contributed by atoms with van der Waals surface area (Å²) in [6.45, 7) is 4.21. The van der Waals surface area contributed by atoms with Gasteiger partial charge in [0.05, 0.1) is 0 Å². The van der Waals surface area contributed by atoms with Gasteiger partial charge in [-0.1, -0.05) is 13.8 Å². The molecule has 0 fully saturated rings. The molecule has 3 heteroatoms. The Morgan fingerprint density at radius 2 is 2.07 bits per heavy atom. The summed E-state index contributed by atoms with van der Waals surface area (Å²) in [5.74, 6) is 0.146. The number of pyridine rings is 1. The Morgan fingerprint density at radius 1 is 1.33 bits per heavy atom. The molecule has 0 aliphatic rings. The van der Waals surface area contributed by atoms with Crippen LogP contribution in [0.2, 0.25) is 0 Å². The lowest BCUT2D eigenvalue weighted by Gasteiger charge is -2.09. The van der Waals surface area contributed by atoms with E-state index in [0.29, 0.717) is 11.4 Å². The molecule has 78 valence electrons. The maximum atomic E-state index is 13.6. The average Bonchev–Trinajstić information content (AvgIpc) is 2.16. The molecule has 0 spiro atoms. The zero-order valence-electron chi connectivity index (χ0n) is 8.59. The highest BCUT2D eigenvalue weighted by molar-refractivity contribution is 14.1. The molecule has 2 rings (SSSR count). The topological polar surface area (TPSA) is 12.9 Å². The average molecular weight is 315 g/mol. The first-order chi connectivity index (χ1) is 7.09. The van der Waals surface area contributed by atoms with Gasteiger partial charge in [-0.05, 0) is 52.3 Å². The van der Waals surface area contributed by atoms with Crippen molar-refractivity contribution < 1.29 is 4.39 Å². The Kier molecular flexibility index (Phi) is 2.91. The Labute approximate surface area is 102 Å². The predicted molar refractivity (Wildman–Crippen MR) is 68.5 cm³/mol. The number of aromatic nitrogens is 1. The summed E-state index contributed by atoms with van der Waals surface area (Å²) in [4.78, 5) is 4.09. The minimum Gasteiger partial charge on any atom is -0.253 e. The smallest absolute Gasteiger partial charge is 0.150 e. The van der Waals surface area contributed by atoms with E-state index in [2.05, 4.69) is 41.4 Å². The van der Waals surface area contributed by atoms with E-state index in [-0.39, 0.29) is 5.82 Å². The molecule has 0 amide bonds. The Morgan fingerprint density at radius 3 is 2.73 bits per heavy atom. The first-order valence-electron chi connectivity index (χ1n) is 4.83. The van der Waals surface area contributed by atoms with Gasteiger partial charge in [-0.2, -0.15) is 0 Å². The lowest BCUT2D eigenvalue weighted by molar-refractivity contribution is 0.635. The van der Waals surface area contributed by atoms with Crippen LogP contribution in [-0.2, 0) is 0 Å². The lowest BCUT2D eigenvalue weighted by atomic mass is 9.99. The van der Waals surface area contributed by atoms with Gasteiger partial charge in [-0.25, -0.2) is 4.39 Å². The van der Waals surface area contributed by atoms with Crippen LogP contribution in [0.3, 0.4) is 0 Å². The zero-order valence-corrected chi connectivity index (χ0v) is 10.7. The first kappa shape index (κ1) is 10.8. The van der Waals surface area contributed by atoms with Crippen LogP contribution < -0.4 is 0 Å². The number of rotatable bonds is 1. The van der Waals surface area contributed by atoms with Crippen LogP contribution in [0.4, 0.5) is 4.39 Å². The van der Waals surface area contributed by atoms with Crippen LogP contribution in [-0.4, -0.2) is 4.98 Å². The molecule has 1 heterocycles. The molecule has 0 aliphatic heterocycles. The summed E-state index contributed by atoms with van der Waals surface area (Å²) in [5.41, 5.74) is 1.62. The maximum Gasteiger partial charge on any atom is 0.150 e. The van der Waals surface area contributed by atoms with E-state index < -0.39 is 0 Å². The van der Waals surface area contributed by atoms with Gasteiger partial charge < -0.3 is 0 Å². The quantitative estimate of drug-likeness (QED) is 0.722. The number of benzene rings is 1. The van der Waals surface area contributed by atoms with E-state index in [1.165, 1.54) is 6.07 Å². The van der Waals surface area contributed by atoms with Gasteiger partial charge in [-0.3, -0.25) is 4.98 Å². The second-order valence-corrected chi connectivity index (χ2v) is 5.08. The lowest BCUT2D eigenvalue weighted by Crippen LogP contribution is -1.94. The van der Waals surface area contributed by atoms with Crippen molar-refractivity contribution in [2.24, 2.45) is 0 Å². The molecule has 0 radical (unpaired) electrons. The minimum atomic E-state index is -0.237. The van der Waals surface area contributed by atoms with E-state index in [1.807, 2.05) is 12.1 Å². The minimum absolute atomic E-state index is 0.237. The van der Waals surface area contributed by atoms with Crippen molar-refractivity contribution in [2.45, 2.75) is 19.8 Å². The molecule has 0 saturated carbocycles. The van der Waals surface area contributed by atoms with Gasteiger partial charge in [-0.15, -0.1) is 0 Å². The first-order valence-corrected chi connectivity index (χ1v) is 5.91. The van der Waals surface area contributed by atoms with Crippen molar-refractivity contribution in [2.75, 3.05) is 0 Å². The molecule has 0 saturated heterocycles. The fourth-order valence-corrected chi connectivity index (χ4v) is 2.29. The Bertz CT molecular complexity index is 508. The van der Waals surface area contributed by atoms with E-state index in [0.717, 1.165) is 14.5 Å². The van der Waals surface area contributed by atoms with Crippen molar-refractivity contribution in [3.63, 3.8) is 0 Å². The predicted octanol–water partition coefficient (Wildman–Crippen LogP) is 4.10. The summed E-state index contributed by atoms with van der Waals surface area (Å²) < 4.78 is 14.5. The maximum absolute atomic E-state index is 13.6. The second kappa shape index (κ2) is 4.04. The molecular formula is C12H11FIN. The molecule has 0 atom stereocenters. The normalized spacial score (nSPS) is 11.3. The number of nitrogens with zero attached hydrogens (tertiary/aromatic N) is 1. The van der Waals surface area contributed by atoms with E-state index in [9.17, 15) is 4.39 Å². The SMILES string of the molecule is CC(C)c1ccnc2c(F)cc(I)cc12. The molecule has 2 aromatic rings. The fourth-order valence-electron chi connectivity index (χ4n) is 1.70. The van der Waals surface area contributed by atoms with E-state index in [4.69, 9.17) is 0 Å². The molecular weight excluding hydrogens is 304 g/mol. The Hall–Kier alpha value is -0.710. The van der Waals surface area contributed by atoms with Gasteiger partial charge in [0.25, 0.3) is 0 Å². The van der Waals surface area contributed by atoms with Crippen LogP contribution in [0.15, 0.2) is 24.4 Å². The molecule has 0 bridgehead atoms. The highest BCUT2D eigenvalue weighted by atomic mass is 127. The van der Waals surface area contributed by atoms with Gasteiger partial charge in [0, 0.05) is 15.2 Å². The summed E-state index contributed by atoms with van der Waals surface area (Å²) in [5, 5.41) is 0.928. The second-order valence-electron chi connectivity index (χ2n) is 3.84. The molecule has 0 aliphatic carbocycles. The van der Waals surface area contributed by atoms with Crippen LogP contribution in [0, 0.1) is 9.39 Å². The number of hydrogen-bond donors (Lipinski definition) is 0. The van der Waals surface area contributed by atoms with Gasteiger partial charge >= 0.3 is 0 Å². The molecule has 0 N–H and O–H groups in total. The highest BCUT2D eigenvalue weighted by Gasteiger charge is 2.09. The monoisotopic (exact) mass is 315 g/mol. The van der Waals surface area contributed by atoms with Gasteiger partial charge in [0.15, 0.2) is 0 Å². The van der Waals surface area contributed by atoms with E-state index >= 15 is 0 Å². The van der Waals surface area contributed by atoms with Crippen molar-refractivity contribution in [1.82, 2.24) is 4.98 Å². The van der Waals surface area contributed by atoms with Crippen LogP contribution >= 0.6 is 22.6 Å². The molecule has 1 aromatic heterocycles. The summed E-state index contributed by atoms with van der Waals surface area (Å²) in [6, 6.07) is 5.46. The summed E-state index contributed by atoms with van der Waals surface area (Å²) in [6.07, 6.45) is 1.67. The van der Waals surface area contributed by atoms with Crippen LogP contribution in [0.5, 0.6) is 0 Å². The molecule has 1 aromatic carbocycles. The van der Waals surface area contributed by atoms with Crippen molar-refractivity contribution in [1.29, 1.82) is 0 Å². The fraction of sp³-hybridized carbons (Fsp3) is 0.250. The third kappa shape index (κ3) is 1.97. The molecule has 0 unspecified atom stereocenters. The highest BCUT2D eigenvalue weighted by Crippen LogP contribution is 2.27. The third-order valence-electron chi connectivity index (χ3n) is 2.42. The number of halogens is 2. The van der Waals surface area contributed by atoms with E-state index in [1.54, 1.807) is 6.20 Å². The summed E-state index contributed by atoms with van der Waals surface area (Å²) in [7, 11) is 0. The van der Waals surface area contributed by atoms with Gasteiger partial charge in [0.1, 0.15) is 11.3 Å². The standard InChI is InChI=1S/C12H11FIN/c1-7(2)9-3-4-15-12-10(9)5-8(14)6-11(12)13/h3-7H,1-2H3. The largest absolute Gasteiger partial charge is 0.253 e. The number of fused-ring (bicyclic) bond motifs is 1. The summed E-state index contributed by atoms with van der Waals surface area (Å²) >= 11 is 2.13. The van der Waals surface area contributed by atoms with Crippen molar-refractivity contribution in [3.8, 4) is 0 Å².